The second kappa shape index (κ2) is 11.0. The van der Waals surface area contributed by atoms with E-state index in [1.54, 1.807) is 6.07 Å². The highest BCUT2D eigenvalue weighted by molar-refractivity contribution is 9.10. The van der Waals surface area contributed by atoms with Crippen molar-refractivity contribution in [3.8, 4) is 11.4 Å². The van der Waals surface area contributed by atoms with Crippen molar-refractivity contribution in [3.63, 3.8) is 0 Å². The zero-order valence-corrected chi connectivity index (χ0v) is 24.2. The van der Waals surface area contributed by atoms with E-state index in [1.165, 1.54) is 38.3 Å². The lowest BCUT2D eigenvalue weighted by atomic mass is 9.80. The summed E-state index contributed by atoms with van der Waals surface area (Å²) in [5.41, 5.74) is 7.28. The first-order chi connectivity index (χ1) is 20.6. The predicted octanol–water partition coefficient (Wildman–Crippen LogP) is 8.01. The molecule has 2 aromatic heterocycles. The van der Waals surface area contributed by atoms with E-state index in [-0.39, 0.29) is 0 Å². The molecule has 4 nitrogen and oxygen atoms in total. The van der Waals surface area contributed by atoms with Gasteiger partial charge < -0.3 is 19.2 Å². The topological polar surface area (TPSA) is 50.3 Å². The molecule has 0 atom stereocenters. The molecule has 0 bridgehead atoms. The van der Waals surface area contributed by atoms with Crippen molar-refractivity contribution in [2.24, 2.45) is 0 Å². The molecule has 2 N–H and O–H groups in total. The van der Waals surface area contributed by atoms with E-state index in [2.05, 4.69) is 122 Å². The van der Waals surface area contributed by atoms with E-state index in [0.717, 1.165) is 21.2 Å². The predicted molar refractivity (Wildman–Crippen MR) is 179 cm³/mol. The minimum atomic E-state index is -1.46. The molecule has 0 aliphatic carbocycles. The van der Waals surface area contributed by atoms with E-state index in [9.17, 15) is 10.0 Å². The monoisotopic (exact) mass is 608 g/mol. The summed E-state index contributed by atoms with van der Waals surface area (Å²) in [5.74, 6) is 0. The minimum absolute atomic E-state index is 0.486. The molecule has 202 valence electrons. The molecule has 8 aromatic rings. The van der Waals surface area contributed by atoms with E-state index in [0.29, 0.717) is 5.46 Å². The standard InChI is InChI=1S/C18H14BNO2.C18H12BrN/c21-19(22)13-6-5-7-14(12-13)20-17-10-3-1-8-15(17)16-9-2-4-11-18(16)20;19-13-6-5-7-14(12-13)20-17-10-3-1-8-15(17)16-9-2-4-11-18(16)20/h1-12,21-22H;1-12H. The van der Waals surface area contributed by atoms with Crippen LogP contribution in [0.5, 0.6) is 0 Å². The summed E-state index contributed by atoms with van der Waals surface area (Å²) in [6.07, 6.45) is 0. The summed E-state index contributed by atoms with van der Waals surface area (Å²) >= 11 is 3.56. The third-order valence-electron chi connectivity index (χ3n) is 7.65. The fourth-order valence-electron chi connectivity index (χ4n) is 5.84. The molecule has 0 aliphatic rings. The summed E-state index contributed by atoms with van der Waals surface area (Å²) in [6, 6.07) is 49.3. The normalized spacial score (nSPS) is 11.2. The Morgan fingerprint density at radius 1 is 0.429 bits per heavy atom. The molecule has 2 heterocycles. The van der Waals surface area contributed by atoms with Crippen LogP contribution in [0.2, 0.25) is 0 Å². The molecular weight excluding hydrogens is 583 g/mol. The highest BCUT2D eigenvalue weighted by Gasteiger charge is 2.15. The molecule has 0 unspecified atom stereocenters. The first kappa shape index (κ1) is 26.3. The largest absolute Gasteiger partial charge is 0.488 e. The summed E-state index contributed by atoms with van der Waals surface area (Å²) < 4.78 is 5.56. The third-order valence-corrected chi connectivity index (χ3v) is 8.15. The fraction of sp³-hybridized carbons (Fsp3) is 0. The molecule has 0 fully saturated rings. The van der Waals surface area contributed by atoms with Gasteiger partial charge in [0.15, 0.2) is 0 Å². The molecule has 0 radical (unpaired) electrons. The summed E-state index contributed by atoms with van der Waals surface area (Å²) in [7, 11) is -1.46. The van der Waals surface area contributed by atoms with Crippen LogP contribution >= 0.6 is 15.9 Å². The molecule has 0 aliphatic heterocycles. The smallest absolute Gasteiger partial charge is 0.423 e. The number of fused-ring (bicyclic) bond motifs is 6. The van der Waals surface area contributed by atoms with E-state index < -0.39 is 7.12 Å². The van der Waals surface area contributed by atoms with Crippen LogP contribution in [0.3, 0.4) is 0 Å². The molecule has 42 heavy (non-hydrogen) atoms. The Hall–Kier alpha value is -4.62. The van der Waals surface area contributed by atoms with Crippen LogP contribution < -0.4 is 5.46 Å². The Morgan fingerprint density at radius 3 is 1.21 bits per heavy atom. The number of benzene rings is 6. The van der Waals surface area contributed by atoms with Crippen molar-refractivity contribution < 1.29 is 10.0 Å². The third kappa shape index (κ3) is 4.60. The fourth-order valence-corrected chi connectivity index (χ4v) is 6.23. The number of para-hydroxylation sites is 4. The quantitative estimate of drug-likeness (QED) is 0.200. The van der Waals surface area contributed by atoms with Crippen LogP contribution in [-0.4, -0.2) is 26.3 Å². The van der Waals surface area contributed by atoms with Crippen molar-refractivity contribution in [2.45, 2.75) is 0 Å². The van der Waals surface area contributed by atoms with Crippen molar-refractivity contribution in [1.82, 2.24) is 9.13 Å². The number of nitrogens with zero attached hydrogens (tertiary/aromatic N) is 2. The Bertz CT molecular complexity index is 2110. The molecule has 0 spiro atoms. The van der Waals surface area contributed by atoms with Crippen molar-refractivity contribution in [3.05, 3.63) is 150 Å². The van der Waals surface area contributed by atoms with Crippen LogP contribution in [0.15, 0.2) is 150 Å². The zero-order valence-electron chi connectivity index (χ0n) is 22.6. The summed E-state index contributed by atoms with van der Waals surface area (Å²) in [4.78, 5) is 0. The average molecular weight is 609 g/mol. The number of rotatable bonds is 3. The minimum Gasteiger partial charge on any atom is -0.423 e. The Labute approximate surface area is 252 Å². The molecule has 0 saturated carbocycles. The summed E-state index contributed by atoms with van der Waals surface area (Å²) in [6.45, 7) is 0. The molecular formula is C36H26BBrN2O2. The Kier molecular flexibility index (Phi) is 6.88. The van der Waals surface area contributed by atoms with Crippen LogP contribution in [0, 0.1) is 0 Å². The maximum atomic E-state index is 9.42. The molecule has 6 heteroatoms. The number of hydrogen-bond donors (Lipinski definition) is 2. The highest BCUT2D eigenvalue weighted by Crippen LogP contribution is 2.33. The summed E-state index contributed by atoms with van der Waals surface area (Å²) in [5, 5.41) is 23.8. The SMILES string of the molecule is Brc1cccc(-n2c3ccccc3c3ccccc32)c1.OB(O)c1cccc(-n2c3ccccc3c3ccccc32)c1. The number of halogens is 1. The number of hydrogen-bond acceptors (Lipinski definition) is 2. The van der Waals surface area contributed by atoms with Crippen LogP contribution in [0.4, 0.5) is 0 Å². The Morgan fingerprint density at radius 2 is 0.810 bits per heavy atom. The van der Waals surface area contributed by atoms with E-state index >= 15 is 0 Å². The number of aromatic nitrogens is 2. The van der Waals surface area contributed by atoms with Crippen LogP contribution in [-0.2, 0) is 0 Å². The van der Waals surface area contributed by atoms with Crippen molar-refractivity contribution in [1.29, 1.82) is 0 Å². The van der Waals surface area contributed by atoms with Crippen LogP contribution in [0.1, 0.15) is 0 Å². The van der Waals surface area contributed by atoms with Crippen molar-refractivity contribution in [2.75, 3.05) is 0 Å². The van der Waals surface area contributed by atoms with Gasteiger partial charge in [-0.2, -0.15) is 0 Å². The second-order valence-corrected chi connectivity index (χ2v) is 11.1. The molecule has 0 saturated heterocycles. The van der Waals surface area contributed by atoms with Gasteiger partial charge in [-0.15, -0.1) is 0 Å². The second-order valence-electron chi connectivity index (χ2n) is 10.2. The first-order valence-electron chi connectivity index (χ1n) is 13.8. The van der Waals surface area contributed by atoms with Gasteiger partial charge >= 0.3 is 7.12 Å². The van der Waals surface area contributed by atoms with Crippen molar-refractivity contribution >= 4 is 72.1 Å². The van der Waals surface area contributed by atoms with E-state index in [1.807, 2.05) is 42.5 Å². The van der Waals surface area contributed by atoms with Gasteiger partial charge in [-0.3, -0.25) is 0 Å². The zero-order chi connectivity index (χ0) is 28.6. The van der Waals surface area contributed by atoms with Gasteiger partial charge in [0.1, 0.15) is 0 Å². The van der Waals surface area contributed by atoms with Gasteiger partial charge in [0.05, 0.1) is 22.1 Å². The molecule has 8 rings (SSSR count). The Balaban J connectivity index is 0.000000138. The maximum absolute atomic E-state index is 9.42. The highest BCUT2D eigenvalue weighted by atomic mass is 79.9. The van der Waals surface area contributed by atoms with Gasteiger partial charge in [-0.25, -0.2) is 0 Å². The van der Waals surface area contributed by atoms with Gasteiger partial charge in [0.25, 0.3) is 0 Å². The van der Waals surface area contributed by atoms with Gasteiger partial charge in [-0.1, -0.05) is 107 Å². The van der Waals surface area contributed by atoms with Crippen LogP contribution in [0.25, 0.3) is 55.0 Å². The maximum Gasteiger partial charge on any atom is 0.488 e. The molecule has 6 aromatic carbocycles. The van der Waals surface area contributed by atoms with Gasteiger partial charge in [0.2, 0.25) is 0 Å². The lowest BCUT2D eigenvalue weighted by Gasteiger charge is -2.09. The lowest BCUT2D eigenvalue weighted by Crippen LogP contribution is -2.29. The van der Waals surface area contributed by atoms with Gasteiger partial charge in [0, 0.05) is 37.4 Å². The molecule has 0 amide bonds. The first-order valence-corrected chi connectivity index (χ1v) is 14.6. The lowest BCUT2D eigenvalue weighted by molar-refractivity contribution is 0.426. The van der Waals surface area contributed by atoms with E-state index in [4.69, 9.17) is 0 Å². The van der Waals surface area contributed by atoms with Gasteiger partial charge in [-0.05, 0) is 60.1 Å². The average Bonchev–Trinajstić information content (AvgIpc) is 3.55.